The van der Waals surface area contributed by atoms with E-state index in [1.807, 2.05) is 13.8 Å². The van der Waals surface area contributed by atoms with Gasteiger partial charge in [0.05, 0.1) is 6.61 Å². The molecule has 1 saturated heterocycles. The van der Waals surface area contributed by atoms with Crippen molar-refractivity contribution in [1.29, 1.82) is 0 Å². The average molecular weight is 194 g/mol. The van der Waals surface area contributed by atoms with Crippen LogP contribution in [0.5, 0.6) is 0 Å². The molecule has 3 nitrogen and oxygen atoms in total. The molecule has 1 unspecified atom stereocenters. The fraction of sp³-hybridized carbons (Fsp3) is 0.545. The average Bonchev–Trinajstić information content (AvgIpc) is 2.15. The molecule has 78 valence electrons. The molecule has 0 radical (unpaired) electrons. The lowest BCUT2D eigenvalue weighted by molar-refractivity contribution is 0.227. The Kier molecular flexibility index (Phi) is 3.74. The second-order valence-corrected chi connectivity index (χ2v) is 3.95. The minimum atomic E-state index is 0.524. The summed E-state index contributed by atoms with van der Waals surface area (Å²) in [5, 5.41) is 0. The van der Waals surface area contributed by atoms with E-state index in [0.717, 1.165) is 24.2 Å². The highest BCUT2D eigenvalue weighted by molar-refractivity contribution is 5.94. The topological polar surface area (TPSA) is 47.6 Å². The van der Waals surface area contributed by atoms with Crippen LogP contribution in [-0.4, -0.2) is 12.5 Å². The first kappa shape index (κ1) is 10.8. The van der Waals surface area contributed by atoms with E-state index in [9.17, 15) is 0 Å². The minimum absolute atomic E-state index is 0.524. The van der Waals surface area contributed by atoms with Crippen LogP contribution in [0.4, 0.5) is 0 Å². The zero-order valence-electron chi connectivity index (χ0n) is 9.08. The van der Waals surface area contributed by atoms with Crippen LogP contribution < -0.4 is 5.73 Å². The molecular formula is C11H18N2O. The number of hydrogen-bond acceptors (Lipinski definition) is 3. The Morgan fingerprint density at radius 1 is 1.57 bits per heavy atom. The molecule has 0 aliphatic carbocycles. The fourth-order valence-corrected chi connectivity index (χ4v) is 1.28. The van der Waals surface area contributed by atoms with E-state index in [1.54, 1.807) is 12.4 Å². The lowest BCUT2D eigenvalue weighted by Crippen LogP contribution is -2.23. The molecule has 0 aromatic carbocycles. The maximum atomic E-state index is 5.52. The van der Waals surface area contributed by atoms with E-state index in [0.29, 0.717) is 11.8 Å². The van der Waals surface area contributed by atoms with E-state index in [4.69, 9.17) is 10.5 Å². The van der Waals surface area contributed by atoms with Crippen molar-refractivity contribution in [2.24, 2.45) is 16.6 Å². The Morgan fingerprint density at radius 2 is 2.29 bits per heavy atom. The van der Waals surface area contributed by atoms with Crippen LogP contribution in [0.2, 0.25) is 0 Å². The van der Waals surface area contributed by atoms with Crippen LogP contribution in [0.15, 0.2) is 28.5 Å². The van der Waals surface area contributed by atoms with Gasteiger partial charge in [0.1, 0.15) is 0 Å². The lowest BCUT2D eigenvalue weighted by atomic mass is 10.00. The number of hydrogen-bond donors (Lipinski definition) is 1. The molecule has 0 aromatic rings. The number of nitrogens with zero attached hydrogens (tertiary/aromatic N) is 1. The first-order valence-corrected chi connectivity index (χ1v) is 4.88. The zero-order valence-corrected chi connectivity index (χ0v) is 9.08. The van der Waals surface area contributed by atoms with E-state index in [-0.39, 0.29) is 0 Å². The Morgan fingerprint density at radius 3 is 2.86 bits per heavy atom. The van der Waals surface area contributed by atoms with Crippen molar-refractivity contribution in [2.75, 3.05) is 6.61 Å². The summed E-state index contributed by atoms with van der Waals surface area (Å²) in [6, 6.07) is 0. The van der Waals surface area contributed by atoms with Gasteiger partial charge in [-0.05, 0) is 26.2 Å². The molecule has 1 aliphatic heterocycles. The minimum Gasteiger partial charge on any atom is -0.477 e. The SMILES string of the molecule is CC(C)=CN=C1OCC(C)C/C1=C/N. The summed E-state index contributed by atoms with van der Waals surface area (Å²) in [5.41, 5.74) is 7.67. The lowest BCUT2D eigenvalue weighted by Gasteiger charge is -2.22. The molecule has 0 bridgehead atoms. The summed E-state index contributed by atoms with van der Waals surface area (Å²) in [6.45, 7) is 6.87. The summed E-state index contributed by atoms with van der Waals surface area (Å²) >= 11 is 0. The van der Waals surface area contributed by atoms with Gasteiger partial charge < -0.3 is 10.5 Å². The van der Waals surface area contributed by atoms with Gasteiger partial charge in [0, 0.05) is 18.0 Å². The van der Waals surface area contributed by atoms with Gasteiger partial charge in [-0.15, -0.1) is 0 Å². The van der Waals surface area contributed by atoms with Gasteiger partial charge in [0.15, 0.2) is 0 Å². The van der Waals surface area contributed by atoms with Gasteiger partial charge in [-0.3, -0.25) is 0 Å². The van der Waals surface area contributed by atoms with E-state index < -0.39 is 0 Å². The van der Waals surface area contributed by atoms with Crippen LogP contribution in [-0.2, 0) is 4.74 Å². The van der Waals surface area contributed by atoms with Crippen molar-refractivity contribution in [3.05, 3.63) is 23.5 Å². The summed E-state index contributed by atoms with van der Waals surface area (Å²) in [7, 11) is 0. The zero-order chi connectivity index (χ0) is 10.6. The van der Waals surface area contributed by atoms with Crippen molar-refractivity contribution in [1.82, 2.24) is 0 Å². The molecule has 0 spiro atoms. The standard InChI is InChI=1S/C11H18N2O/c1-8(2)6-13-11-10(5-12)4-9(3)7-14-11/h5-6,9H,4,7,12H2,1-3H3/b10-5-,13-11?. The van der Waals surface area contributed by atoms with Crippen LogP contribution in [0.3, 0.4) is 0 Å². The van der Waals surface area contributed by atoms with Crippen LogP contribution in [0.25, 0.3) is 0 Å². The third kappa shape index (κ3) is 2.91. The van der Waals surface area contributed by atoms with Crippen molar-refractivity contribution < 1.29 is 4.74 Å². The number of rotatable bonds is 1. The van der Waals surface area contributed by atoms with Crippen LogP contribution >= 0.6 is 0 Å². The molecule has 14 heavy (non-hydrogen) atoms. The second kappa shape index (κ2) is 4.84. The Labute approximate surface area is 85.4 Å². The van der Waals surface area contributed by atoms with Gasteiger partial charge in [-0.2, -0.15) is 0 Å². The monoisotopic (exact) mass is 194 g/mol. The van der Waals surface area contributed by atoms with E-state index >= 15 is 0 Å². The van der Waals surface area contributed by atoms with Crippen molar-refractivity contribution in [3.8, 4) is 0 Å². The first-order chi connectivity index (χ1) is 6.63. The van der Waals surface area contributed by atoms with E-state index in [2.05, 4.69) is 11.9 Å². The van der Waals surface area contributed by atoms with E-state index in [1.165, 1.54) is 0 Å². The molecule has 3 heteroatoms. The number of ether oxygens (including phenoxy) is 1. The van der Waals surface area contributed by atoms with Crippen molar-refractivity contribution in [2.45, 2.75) is 27.2 Å². The molecule has 1 aliphatic rings. The largest absolute Gasteiger partial charge is 0.477 e. The molecule has 0 saturated carbocycles. The maximum Gasteiger partial charge on any atom is 0.217 e. The predicted octanol–water partition coefficient (Wildman–Crippen LogP) is 2.21. The molecule has 0 amide bonds. The smallest absolute Gasteiger partial charge is 0.217 e. The Balaban J connectivity index is 2.78. The van der Waals surface area contributed by atoms with Crippen LogP contribution in [0.1, 0.15) is 27.2 Å². The molecule has 0 aromatic heterocycles. The maximum absolute atomic E-state index is 5.52. The summed E-state index contributed by atoms with van der Waals surface area (Å²) in [5.74, 6) is 1.20. The third-order valence-electron chi connectivity index (χ3n) is 1.99. The number of aliphatic imine (C=N–C) groups is 1. The van der Waals surface area contributed by atoms with Gasteiger partial charge in [0.25, 0.3) is 0 Å². The predicted molar refractivity (Wildman–Crippen MR) is 58.9 cm³/mol. The molecule has 1 atom stereocenters. The van der Waals surface area contributed by atoms with Crippen molar-refractivity contribution >= 4 is 5.90 Å². The van der Waals surface area contributed by atoms with Crippen LogP contribution in [0, 0.1) is 5.92 Å². The quantitative estimate of drug-likeness (QED) is 0.695. The Hall–Kier alpha value is -1.25. The first-order valence-electron chi connectivity index (χ1n) is 4.88. The van der Waals surface area contributed by atoms with Gasteiger partial charge >= 0.3 is 0 Å². The van der Waals surface area contributed by atoms with Gasteiger partial charge in [0.2, 0.25) is 5.90 Å². The van der Waals surface area contributed by atoms with Gasteiger partial charge in [-0.1, -0.05) is 12.5 Å². The summed E-state index contributed by atoms with van der Waals surface area (Å²) < 4.78 is 5.50. The summed E-state index contributed by atoms with van der Waals surface area (Å²) in [4.78, 5) is 4.25. The summed E-state index contributed by atoms with van der Waals surface area (Å²) in [6.07, 6.45) is 4.34. The molecular weight excluding hydrogens is 176 g/mol. The highest BCUT2D eigenvalue weighted by Crippen LogP contribution is 2.19. The number of nitrogens with two attached hydrogens (primary N) is 1. The third-order valence-corrected chi connectivity index (χ3v) is 1.99. The highest BCUT2D eigenvalue weighted by Gasteiger charge is 2.19. The molecule has 1 fully saturated rings. The molecule has 1 heterocycles. The molecule has 1 rings (SSSR count). The highest BCUT2D eigenvalue weighted by atomic mass is 16.5. The number of allylic oxidation sites excluding steroid dienone is 1. The van der Waals surface area contributed by atoms with Crippen molar-refractivity contribution in [3.63, 3.8) is 0 Å². The van der Waals surface area contributed by atoms with Gasteiger partial charge in [-0.25, -0.2) is 4.99 Å². The Bertz CT molecular complexity index is 286. The molecule has 2 N–H and O–H groups in total. The fourth-order valence-electron chi connectivity index (χ4n) is 1.28. The normalized spacial score (nSPS) is 27.5. The second-order valence-electron chi connectivity index (χ2n) is 3.95.